The first-order chi connectivity index (χ1) is 9.08. The predicted octanol–water partition coefficient (Wildman–Crippen LogP) is 2.55. The molecule has 2 aromatic carbocycles. The number of nitro benzene ring substituents is 1. The summed E-state index contributed by atoms with van der Waals surface area (Å²) in [7, 11) is 0. The first kappa shape index (κ1) is 12.6. The second-order valence-corrected chi connectivity index (χ2v) is 3.78. The lowest BCUT2D eigenvalue weighted by Gasteiger charge is -2.06. The van der Waals surface area contributed by atoms with Crippen molar-refractivity contribution in [3.05, 3.63) is 64.2 Å². The lowest BCUT2D eigenvalue weighted by atomic mass is 10.2. The maximum atomic E-state index is 11.9. The number of rotatable bonds is 3. The van der Waals surface area contributed by atoms with E-state index in [0.717, 1.165) is 6.07 Å². The summed E-state index contributed by atoms with van der Waals surface area (Å²) in [4.78, 5) is 22.0. The number of phenols is 1. The smallest absolute Gasteiger partial charge is 0.296 e. The molecule has 0 atom stereocenters. The molecule has 0 radical (unpaired) electrons. The zero-order valence-corrected chi connectivity index (χ0v) is 9.74. The highest BCUT2D eigenvalue weighted by molar-refractivity contribution is 6.05. The topological polar surface area (TPSA) is 92.5 Å². The van der Waals surface area contributed by atoms with E-state index in [1.165, 1.54) is 12.1 Å². The van der Waals surface area contributed by atoms with Crippen molar-refractivity contribution in [1.82, 2.24) is 0 Å². The molecule has 0 aliphatic heterocycles. The van der Waals surface area contributed by atoms with Crippen LogP contribution in [0, 0.1) is 10.1 Å². The minimum absolute atomic E-state index is 0.0386. The van der Waals surface area contributed by atoms with Crippen molar-refractivity contribution in [3.63, 3.8) is 0 Å². The molecule has 0 fully saturated rings. The largest absolute Gasteiger partial charge is 0.508 e. The normalized spacial score (nSPS) is 9.89. The number of nitrogens with zero attached hydrogens (tertiary/aromatic N) is 1. The minimum atomic E-state index is -0.666. The standard InChI is InChI=1S/C13H10N2O4/c16-10-6-7-11(12(8-10)15(18)19)14-13(17)9-4-2-1-3-5-9/h1-8,16H,(H,14,17). The van der Waals surface area contributed by atoms with E-state index in [0.29, 0.717) is 5.56 Å². The monoisotopic (exact) mass is 258 g/mol. The van der Waals surface area contributed by atoms with Gasteiger partial charge in [0.1, 0.15) is 11.4 Å². The highest BCUT2D eigenvalue weighted by atomic mass is 16.6. The summed E-state index contributed by atoms with van der Waals surface area (Å²) >= 11 is 0. The number of anilines is 1. The molecule has 0 unspecified atom stereocenters. The van der Waals surface area contributed by atoms with Gasteiger partial charge in [-0.3, -0.25) is 14.9 Å². The average Bonchev–Trinajstić information content (AvgIpc) is 2.41. The first-order valence-corrected chi connectivity index (χ1v) is 5.42. The van der Waals surface area contributed by atoms with E-state index in [1.807, 2.05) is 0 Å². The van der Waals surface area contributed by atoms with Crippen LogP contribution < -0.4 is 5.32 Å². The van der Waals surface area contributed by atoms with Crippen molar-refractivity contribution in [2.24, 2.45) is 0 Å². The third kappa shape index (κ3) is 2.86. The molecule has 96 valence electrons. The fourth-order valence-electron chi connectivity index (χ4n) is 1.56. The van der Waals surface area contributed by atoms with E-state index in [2.05, 4.69) is 5.32 Å². The number of hydrogen-bond donors (Lipinski definition) is 2. The maximum Gasteiger partial charge on any atom is 0.296 e. The summed E-state index contributed by atoms with van der Waals surface area (Å²) in [5, 5.41) is 22.5. The Morgan fingerprint density at radius 2 is 1.84 bits per heavy atom. The molecule has 0 saturated heterocycles. The molecule has 0 heterocycles. The Morgan fingerprint density at radius 3 is 2.47 bits per heavy atom. The highest BCUT2D eigenvalue weighted by Crippen LogP contribution is 2.28. The summed E-state index contributed by atoms with van der Waals surface area (Å²) in [6.07, 6.45) is 0. The lowest BCUT2D eigenvalue weighted by Crippen LogP contribution is -2.12. The van der Waals surface area contributed by atoms with Crippen LogP contribution in [0.5, 0.6) is 5.75 Å². The summed E-state index contributed by atoms with van der Waals surface area (Å²) < 4.78 is 0. The second kappa shape index (κ2) is 5.18. The zero-order valence-electron chi connectivity index (χ0n) is 9.74. The molecule has 2 aromatic rings. The van der Waals surface area contributed by atoms with Crippen LogP contribution in [0.15, 0.2) is 48.5 Å². The average molecular weight is 258 g/mol. The fourth-order valence-corrected chi connectivity index (χ4v) is 1.56. The van der Waals surface area contributed by atoms with E-state index in [4.69, 9.17) is 0 Å². The molecule has 6 nitrogen and oxygen atoms in total. The quantitative estimate of drug-likeness (QED) is 0.502. The van der Waals surface area contributed by atoms with Gasteiger partial charge in [-0.2, -0.15) is 0 Å². The van der Waals surface area contributed by atoms with Gasteiger partial charge in [0.05, 0.1) is 11.0 Å². The van der Waals surface area contributed by atoms with Crippen LogP contribution in [-0.4, -0.2) is 15.9 Å². The lowest BCUT2D eigenvalue weighted by molar-refractivity contribution is -0.384. The van der Waals surface area contributed by atoms with Crippen LogP contribution in [-0.2, 0) is 0 Å². The van der Waals surface area contributed by atoms with Crippen molar-refractivity contribution in [3.8, 4) is 5.75 Å². The molecule has 0 spiro atoms. The Labute approximate surface area is 108 Å². The molecule has 1 amide bonds. The van der Waals surface area contributed by atoms with Crippen LogP contribution in [0.4, 0.5) is 11.4 Å². The van der Waals surface area contributed by atoms with Crippen molar-refractivity contribution in [1.29, 1.82) is 0 Å². The van der Waals surface area contributed by atoms with E-state index < -0.39 is 10.8 Å². The predicted molar refractivity (Wildman–Crippen MR) is 69.2 cm³/mol. The van der Waals surface area contributed by atoms with Crippen LogP contribution in [0.2, 0.25) is 0 Å². The number of phenolic OH excluding ortho intramolecular Hbond substituents is 1. The Hall–Kier alpha value is -2.89. The molecule has 0 bridgehead atoms. The molecule has 6 heteroatoms. The first-order valence-electron chi connectivity index (χ1n) is 5.42. The van der Waals surface area contributed by atoms with Gasteiger partial charge in [-0.25, -0.2) is 0 Å². The van der Waals surface area contributed by atoms with Gasteiger partial charge in [-0.1, -0.05) is 18.2 Å². The minimum Gasteiger partial charge on any atom is -0.508 e. The van der Waals surface area contributed by atoms with Gasteiger partial charge in [0.15, 0.2) is 0 Å². The van der Waals surface area contributed by atoms with E-state index in [1.54, 1.807) is 30.3 Å². The number of amides is 1. The van der Waals surface area contributed by atoms with Gasteiger partial charge in [-0.15, -0.1) is 0 Å². The van der Waals surface area contributed by atoms with Crippen LogP contribution in [0.1, 0.15) is 10.4 Å². The molecule has 0 aromatic heterocycles. The van der Waals surface area contributed by atoms with Gasteiger partial charge in [0, 0.05) is 5.56 Å². The number of carbonyl (C=O) groups excluding carboxylic acids is 1. The summed E-state index contributed by atoms with van der Waals surface area (Å²) in [5.74, 6) is -0.682. The van der Waals surface area contributed by atoms with E-state index >= 15 is 0 Å². The molecule has 2 rings (SSSR count). The number of carbonyl (C=O) groups is 1. The van der Waals surface area contributed by atoms with Crippen molar-refractivity contribution < 1.29 is 14.8 Å². The van der Waals surface area contributed by atoms with E-state index in [9.17, 15) is 20.0 Å². The summed E-state index contributed by atoms with van der Waals surface area (Å²) in [6.45, 7) is 0. The second-order valence-electron chi connectivity index (χ2n) is 3.78. The molecular weight excluding hydrogens is 248 g/mol. The van der Waals surface area contributed by atoms with Gasteiger partial charge in [0.2, 0.25) is 0 Å². The molecule has 0 saturated carbocycles. The number of nitrogens with one attached hydrogen (secondary N) is 1. The third-order valence-corrected chi connectivity index (χ3v) is 2.46. The highest BCUT2D eigenvalue weighted by Gasteiger charge is 2.17. The number of hydrogen-bond acceptors (Lipinski definition) is 4. The van der Waals surface area contributed by atoms with Gasteiger partial charge < -0.3 is 10.4 Å². The molecule has 2 N–H and O–H groups in total. The maximum absolute atomic E-state index is 11.9. The van der Waals surface area contributed by atoms with Crippen molar-refractivity contribution in [2.45, 2.75) is 0 Å². The molecule has 19 heavy (non-hydrogen) atoms. The SMILES string of the molecule is O=C(Nc1ccc(O)cc1[N+](=O)[O-])c1ccccc1. The Morgan fingerprint density at radius 1 is 1.16 bits per heavy atom. The van der Waals surface area contributed by atoms with Gasteiger partial charge >= 0.3 is 0 Å². The molecule has 0 aliphatic rings. The Kier molecular flexibility index (Phi) is 3.42. The summed E-state index contributed by atoms with van der Waals surface area (Å²) in [6, 6.07) is 11.9. The fraction of sp³-hybridized carbons (Fsp3) is 0. The van der Waals surface area contributed by atoms with Crippen LogP contribution in [0.3, 0.4) is 0 Å². The Bertz CT molecular complexity index is 626. The van der Waals surface area contributed by atoms with Crippen molar-refractivity contribution >= 4 is 17.3 Å². The summed E-state index contributed by atoms with van der Waals surface area (Å²) in [5.41, 5.74) is 0.0748. The van der Waals surface area contributed by atoms with Crippen LogP contribution >= 0.6 is 0 Å². The third-order valence-electron chi connectivity index (χ3n) is 2.46. The zero-order chi connectivity index (χ0) is 13.8. The number of nitro groups is 1. The van der Waals surface area contributed by atoms with Gasteiger partial charge in [-0.05, 0) is 24.3 Å². The number of aromatic hydroxyl groups is 1. The number of benzene rings is 2. The molecule has 0 aliphatic carbocycles. The molecular formula is C13H10N2O4. The Balaban J connectivity index is 2.29. The van der Waals surface area contributed by atoms with Crippen molar-refractivity contribution in [2.75, 3.05) is 5.32 Å². The van der Waals surface area contributed by atoms with E-state index in [-0.39, 0.29) is 17.1 Å². The van der Waals surface area contributed by atoms with Crippen LogP contribution in [0.25, 0.3) is 0 Å². The van der Waals surface area contributed by atoms with Gasteiger partial charge in [0.25, 0.3) is 11.6 Å².